The molecule has 0 aliphatic carbocycles. The third kappa shape index (κ3) is 2.99. The number of carbonyl (C=O) groups excluding carboxylic acids is 1. The largest absolute Gasteiger partial charge is 0.455 e. The molecule has 134 valence electrons. The van der Waals surface area contributed by atoms with Crippen molar-refractivity contribution in [3.05, 3.63) is 76.4 Å². The van der Waals surface area contributed by atoms with Crippen LogP contribution < -0.4 is 11.0 Å². The van der Waals surface area contributed by atoms with Crippen molar-refractivity contribution in [1.82, 2.24) is 15.2 Å². The van der Waals surface area contributed by atoms with E-state index in [-0.39, 0.29) is 11.3 Å². The molecule has 0 bridgehead atoms. The Hall–Kier alpha value is -3.74. The van der Waals surface area contributed by atoms with Crippen molar-refractivity contribution in [2.75, 3.05) is 0 Å². The van der Waals surface area contributed by atoms with E-state index in [1.807, 2.05) is 30.3 Å². The zero-order valence-corrected chi connectivity index (χ0v) is 14.8. The monoisotopic (exact) mass is 360 g/mol. The first kappa shape index (κ1) is 16.7. The van der Waals surface area contributed by atoms with E-state index in [1.54, 1.807) is 31.2 Å². The van der Waals surface area contributed by atoms with Gasteiger partial charge in [0, 0.05) is 17.8 Å². The molecule has 0 fully saturated rings. The number of hydrazone groups is 1. The van der Waals surface area contributed by atoms with Gasteiger partial charge < -0.3 is 4.42 Å². The first-order valence-electron chi connectivity index (χ1n) is 8.34. The van der Waals surface area contributed by atoms with Gasteiger partial charge in [0.2, 0.25) is 0 Å². The predicted octanol–water partition coefficient (Wildman–Crippen LogP) is 2.83. The minimum atomic E-state index is -0.503. The van der Waals surface area contributed by atoms with Gasteiger partial charge in [-0.3, -0.25) is 9.59 Å². The van der Waals surface area contributed by atoms with Gasteiger partial charge in [0.05, 0.1) is 5.39 Å². The minimum Gasteiger partial charge on any atom is -0.455 e. The molecule has 2 heterocycles. The molecule has 0 radical (unpaired) electrons. The van der Waals surface area contributed by atoms with E-state index in [1.165, 1.54) is 7.05 Å². The molecule has 0 unspecified atom stereocenters. The van der Waals surface area contributed by atoms with E-state index in [0.29, 0.717) is 22.2 Å². The van der Waals surface area contributed by atoms with Crippen LogP contribution in [0.2, 0.25) is 0 Å². The van der Waals surface area contributed by atoms with Gasteiger partial charge in [-0.05, 0) is 25.1 Å². The Balaban J connectivity index is 1.66. The number of fused-ring (bicyclic) bond motifs is 2. The highest BCUT2D eigenvalue weighted by atomic mass is 16.3. The lowest BCUT2D eigenvalue weighted by Gasteiger charge is -2.07. The molecule has 4 aromatic rings. The highest BCUT2D eigenvalue weighted by Crippen LogP contribution is 2.19. The number of aromatic nitrogens is 2. The van der Waals surface area contributed by atoms with Crippen LogP contribution in [0.1, 0.15) is 23.2 Å². The summed E-state index contributed by atoms with van der Waals surface area (Å²) in [5.41, 5.74) is 3.64. The summed E-state index contributed by atoms with van der Waals surface area (Å²) in [5.74, 6) is 0.0621. The number of para-hydroxylation sites is 1. The smallest absolute Gasteiger partial charge is 0.292 e. The first-order valence-corrected chi connectivity index (χ1v) is 8.34. The summed E-state index contributed by atoms with van der Waals surface area (Å²) in [7, 11) is 1.51. The van der Waals surface area contributed by atoms with Crippen LogP contribution in [0.3, 0.4) is 0 Å². The van der Waals surface area contributed by atoms with E-state index in [0.717, 1.165) is 15.7 Å². The molecule has 27 heavy (non-hydrogen) atoms. The molecule has 0 saturated heterocycles. The standard InChI is InChI=1S/C20H16N4O3/c1-12(17-11-13-7-3-6-10-16(13)27-17)21-22-19(25)18-14-8-4-5-9-15(14)20(26)24(2)23-18/h3-11H,1-2H3,(H,22,25)/b21-12+. The molecule has 0 aliphatic rings. The number of nitrogens with zero attached hydrogens (tertiary/aromatic N) is 3. The first-order chi connectivity index (χ1) is 13.0. The minimum absolute atomic E-state index is 0.133. The fourth-order valence-corrected chi connectivity index (χ4v) is 2.87. The van der Waals surface area contributed by atoms with E-state index >= 15 is 0 Å². The van der Waals surface area contributed by atoms with Crippen LogP contribution in [0.5, 0.6) is 0 Å². The van der Waals surface area contributed by atoms with Crippen molar-refractivity contribution in [1.29, 1.82) is 0 Å². The molecule has 2 aromatic carbocycles. The molecular formula is C20H16N4O3. The van der Waals surface area contributed by atoms with Crippen LogP contribution in [-0.2, 0) is 7.05 Å². The second kappa shape index (κ2) is 6.53. The molecule has 0 aliphatic heterocycles. The molecule has 4 rings (SSSR count). The lowest BCUT2D eigenvalue weighted by atomic mass is 10.1. The third-order valence-corrected chi connectivity index (χ3v) is 4.28. The van der Waals surface area contributed by atoms with E-state index in [9.17, 15) is 9.59 Å². The van der Waals surface area contributed by atoms with Crippen molar-refractivity contribution in [3.63, 3.8) is 0 Å². The van der Waals surface area contributed by atoms with Gasteiger partial charge in [0.25, 0.3) is 11.5 Å². The number of furan rings is 1. The van der Waals surface area contributed by atoms with Gasteiger partial charge >= 0.3 is 0 Å². The quantitative estimate of drug-likeness (QED) is 0.449. The molecule has 2 aromatic heterocycles. The molecule has 1 amide bonds. The molecule has 0 spiro atoms. The lowest BCUT2D eigenvalue weighted by molar-refractivity contribution is 0.0949. The summed E-state index contributed by atoms with van der Waals surface area (Å²) in [4.78, 5) is 24.8. The Morgan fingerprint density at radius 2 is 1.81 bits per heavy atom. The van der Waals surface area contributed by atoms with Crippen LogP contribution in [0.4, 0.5) is 0 Å². The predicted molar refractivity (Wildman–Crippen MR) is 103 cm³/mol. The van der Waals surface area contributed by atoms with Crippen molar-refractivity contribution in [3.8, 4) is 0 Å². The maximum atomic E-state index is 12.6. The summed E-state index contributed by atoms with van der Waals surface area (Å²) >= 11 is 0. The van der Waals surface area contributed by atoms with Crippen molar-refractivity contribution >= 4 is 33.4 Å². The van der Waals surface area contributed by atoms with E-state index in [2.05, 4.69) is 15.6 Å². The van der Waals surface area contributed by atoms with Crippen molar-refractivity contribution < 1.29 is 9.21 Å². The lowest BCUT2D eigenvalue weighted by Crippen LogP contribution is -2.27. The molecule has 7 nitrogen and oxygen atoms in total. The van der Waals surface area contributed by atoms with Crippen LogP contribution >= 0.6 is 0 Å². The maximum absolute atomic E-state index is 12.6. The molecule has 0 atom stereocenters. The number of nitrogens with one attached hydrogen (secondary N) is 1. The number of benzene rings is 2. The zero-order chi connectivity index (χ0) is 19.0. The third-order valence-electron chi connectivity index (χ3n) is 4.28. The fraction of sp³-hybridized carbons (Fsp3) is 0.100. The SMILES string of the molecule is C/C(=N\NC(=O)c1nn(C)c(=O)c2ccccc12)c1cc2ccccc2o1. The number of amides is 1. The Morgan fingerprint density at radius 3 is 2.59 bits per heavy atom. The summed E-state index contributed by atoms with van der Waals surface area (Å²) < 4.78 is 6.88. The van der Waals surface area contributed by atoms with Gasteiger partial charge in [-0.1, -0.05) is 36.4 Å². The van der Waals surface area contributed by atoms with Crippen LogP contribution in [-0.4, -0.2) is 21.4 Å². The Labute approximate surface area is 153 Å². The molecule has 0 saturated carbocycles. The summed E-state index contributed by atoms with van der Waals surface area (Å²) in [6.45, 7) is 1.74. The maximum Gasteiger partial charge on any atom is 0.292 e. The van der Waals surface area contributed by atoms with Crippen molar-refractivity contribution in [2.24, 2.45) is 12.1 Å². The highest BCUT2D eigenvalue weighted by molar-refractivity contribution is 6.06. The van der Waals surface area contributed by atoms with Crippen molar-refractivity contribution in [2.45, 2.75) is 6.92 Å². The molecular weight excluding hydrogens is 344 g/mol. The number of hydrogen-bond donors (Lipinski definition) is 1. The van der Waals surface area contributed by atoms with E-state index in [4.69, 9.17) is 4.42 Å². The highest BCUT2D eigenvalue weighted by Gasteiger charge is 2.15. The molecule has 7 heteroatoms. The van der Waals surface area contributed by atoms with Gasteiger partial charge in [-0.2, -0.15) is 10.2 Å². The Morgan fingerprint density at radius 1 is 1.11 bits per heavy atom. The average molecular weight is 360 g/mol. The van der Waals surface area contributed by atoms with Gasteiger partial charge in [0.15, 0.2) is 11.5 Å². The number of aryl methyl sites for hydroxylation is 1. The van der Waals surface area contributed by atoms with Crippen LogP contribution in [0, 0.1) is 0 Å². The second-order valence-corrected chi connectivity index (χ2v) is 6.11. The van der Waals surface area contributed by atoms with Crippen LogP contribution in [0.15, 0.2) is 68.9 Å². The van der Waals surface area contributed by atoms with Gasteiger partial charge in [-0.15, -0.1) is 0 Å². The summed E-state index contributed by atoms with van der Waals surface area (Å²) in [6.07, 6.45) is 0. The Kier molecular flexibility index (Phi) is 4.04. The van der Waals surface area contributed by atoms with Crippen LogP contribution in [0.25, 0.3) is 21.7 Å². The normalized spacial score (nSPS) is 11.9. The topological polar surface area (TPSA) is 89.5 Å². The molecule has 1 N–H and O–H groups in total. The average Bonchev–Trinajstić information content (AvgIpc) is 3.13. The number of carbonyl (C=O) groups is 1. The van der Waals surface area contributed by atoms with Gasteiger partial charge in [-0.25, -0.2) is 10.1 Å². The van der Waals surface area contributed by atoms with E-state index < -0.39 is 5.91 Å². The number of rotatable bonds is 3. The van der Waals surface area contributed by atoms with Gasteiger partial charge in [0.1, 0.15) is 11.3 Å². The summed E-state index contributed by atoms with van der Waals surface area (Å²) in [5, 5.41) is 10.1. The summed E-state index contributed by atoms with van der Waals surface area (Å²) in [6, 6.07) is 16.3. The Bertz CT molecular complexity index is 1230. The second-order valence-electron chi connectivity index (χ2n) is 6.11. The fourth-order valence-electron chi connectivity index (χ4n) is 2.87. The number of hydrogen-bond acceptors (Lipinski definition) is 5. The zero-order valence-electron chi connectivity index (χ0n) is 14.8.